The van der Waals surface area contributed by atoms with Gasteiger partial charge >= 0.3 is 0 Å². The molecule has 1 fully saturated rings. The highest BCUT2D eigenvalue weighted by Crippen LogP contribution is 2.32. The Hall–Kier alpha value is -5.62. The molecule has 0 aliphatic carbocycles. The normalized spacial score (nSPS) is 13.4. The van der Waals surface area contributed by atoms with Crippen LogP contribution in [0.4, 0.5) is 27.4 Å². The highest BCUT2D eigenvalue weighted by Gasteiger charge is 2.19. The van der Waals surface area contributed by atoms with Gasteiger partial charge in [0.2, 0.25) is 11.9 Å². The quantitative estimate of drug-likeness (QED) is 0.233. The molecule has 2 N–H and O–H groups in total. The van der Waals surface area contributed by atoms with Gasteiger partial charge in [0, 0.05) is 49.2 Å². The first kappa shape index (κ1) is 30.4. The van der Waals surface area contributed by atoms with Crippen LogP contribution in [0.3, 0.4) is 0 Å². The monoisotopic (exact) mass is 620 g/mol. The molecule has 6 rings (SSSR count). The van der Waals surface area contributed by atoms with E-state index in [1.54, 1.807) is 44.4 Å². The number of carbonyl (C=O) groups is 1. The van der Waals surface area contributed by atoms with Crippen LogP contribution in [0.15, 0.2) is 84.3 Å². The van der Waals surface area contributed by atoms with Gasteiger partial charge in [0.05, 0.1) is 24.7 Å². The number of halogens is 1. The number of aryl methyl sites for hydroxylation is 1. The Morgan fingerprint density at radius 3 is 2.57 bits per heavy atom. The highest BCUT2D eigenvalue weighted by molar-refractivity contribution is 5.99. The van der Waals surface area contributed by atoms with Crippen LogP contribution in [0.1, 0.15) is 5.56 Å². The summed E-state index contributed by atoms with van der Waals surface area (Å²) in [5.74, 6) is 0.0486. The second-order valence-electron chi connectivity index (χ2n) is 11.0. The lowest BCUT2D eigenvalue weighted by molar-refractivity contribution is -0.111. The molecule has 3 aromatic carbocycles. The highest BCUT2D eigenvalue weighted by atomic mass is 19.1. The molecule has 3 heterocycles. The number of amides is 1. The molecule has 5 aromatic rings. The van der Waals surface area contributed by atoms with Gasteiger partial charge in [-0.05, 0) is 74.1 Å². The first-order chi connectivity index (χ1) is 22.2. The van der Waals surface area contributed by atoms with Gasteiger partial charge in [-0.15, -0.1) is 0 Å². The van der Waals surface area contributed by atoms with E-state index in [-0.39, 0.29) is 23.1 Å². The van der Waals surface area contributed by atoms with Crippen molar-refractivity contribution in [1.29, 1.82) is 0 Å². The third kappa shape index (κ3) is 6.15. The summed E-state index contributed by atoms with van der Waals surface area (Å²) < 4.78 is 21.2. The number of hydrogen-bond acceptors (Lipinski definition) is 9. The number of likely N-dealkylation sites (N-methyl/N-ethyl adjacent to an activating group) is 1. The van der Waals surface area contributed by atoms with Gasteiger partial charge in [-0.25, -0.2) is 14.4 Å². The Morgan fingerprint density at radius 2 is 1.83 bits per heavy atom. The van der Waals surface area contributed by atoms with Crippen molar-refractivity contribution in [1.82, 2.24) is 24.4 Å². The van der Waals surface area contributed by atoms with Crippen LogP contribution >= 0.6 is 0 Å². The fourth-order valence-electron chi connectivity index (χ4n) is 5.34. The van der Waals surface area contributed by atoms with Gasteiger partial charge in [-0.2, -0.15) is 4.98 Å². The topological polar surface area (TPSA) is 118 Å². The lowest BCUT2D eigenvalue weighted by Gasteiger charge is -2.34. The molecule has 0 radical (unpaired) electrons. The summed E-state index contributed by atoms with van der Waals surface area (Å²) in [5, 5.41) is 5.95. The summed E-state index contributed by atoms with van der Waals surface area (Å²) in [7, 11) is 3.72. The number of nitrogens with one attached hydrogen (secondary N) is 2. The van der Waals surface area contributed by atoms with Crippen molar-refractivity contribution in [2.45, 2.75) is 6.92 Å². The van der Waals surface area contributed by atoms with Gasteiger partial charge < -0.3 is 25.2 Å². The smallest absolute Gasteiger partial charge is 0.283 e. The number of anilines is 4. The third-order valence-electron chi connectivity index (χ3n) is 7.89. The van der Waals surface area contributed by atoms with E-state index in [0.29, 0.717) is 39.5 Å². The number of methoxy groups -OCH3 is 1. The SMILES string of the molecule is C=CC(=O)Nc1cccc(-n2c(=O)c(-c3ccc(F)c(C)c3)nc3cnc(Nc4ccc(N5CCN(C)CC5)cc4OC)nc32)c1. The average molecular weight is 621 g/mol. The van der Waals surface area contributed by atoms with Crippen molar-refractivity contribution >= 4 is 40.1 Å². The largest absolute Gasteiger partial charge is 0.494 e. The molecule has 0 unspecified atom stereocenters. The lowest BCUT2D eigenvalue weighted by Crippen LogP contribution is -2.44. The molecule has 2 aromatic heterocycles. The second-order valence-corrected chi connectivity index (χ2v) is 11.0. The average Bonchev–Trinajstić information content (AvgIpc) is 3.06. The summed E-state index contributed by atoms with van der Waals surface area (Å²) in [6.07, 6.45) is 2.68. The zero-order chi connectivity index (χ0) is 32.4. The molecule has 11 nitrogen and oxygen atoms in total. The zero-order valence-corrected chi connectivity index (χ0v) is 25.7. The number of piperazine rings is 1. The van der Waals surface area contributed by atoms with Crippen molar-refractivity contribution in [3.63, 3.8) is 0 Å². The molecule has 0 atom stereocenters. The Bertz CT molecular complexity index is 2020. The standard InChI is InChI=1S/C34H33FN8O3/c1-5-30(44)37-23-7-6-8-25(18-23)43-32-28(38-31(33(43)45)22-9-11-26(35)21(2)17-22)20-36-34(40-32)39-27-12-10-24(19-29(27)46-4)42-15-13-41(3)14-16-42/h5-12,17-20H,1,13-16H2,2-4H3,(H,37,44)(H,36,39,40). The molecule has 1 aliphatic heterocycles. The Labute approximate surface area is 265 Å². The van der Waals surface area contributed by atoms with E-state index >= 15 is 0 Å². The minimum atomic E-state index is -0.482. The van der Waals surface area contributed by atoms with Crippen LogP contribution in [-0.2, 0) is 4.79 Å². The number of nitrogens with zero attached hydrogens (tertiary/aromatic N) is 6. The number of benzene rings is 3. The van der Waals surface area contributed by atoms with E-state index in [9.17, 15) is 14.0 Å². The molecule has 0 bridgehead atoms. The van der Waals surface area contributed by atoms with E-state index in [1.165, 1.54) is 22.9 Å². The predicted octanol–water partition coefficient (Wildman–Crippen LogP) is 4.92. The summed E-state index contributed by atoms with van der Waals surface area (Å²) in [6.45, 7) is 8.92. The molecule has 1 saturated heterocycles. The Kier molecular flexibility index (Phi) is 8.45. The number of carbonyl (C=O) groups excluding carboxylic acids is 1. The zero-order valence-electron chi connectivity index (χ0n) is 25.7. The van der Waals surface area contributed by atoms with Gasteiger partial charge in [0.15, 0.2) is 5.65 Å². The maximum atomic E-state index is 14.1. The number of rotatable bonds is 8. The van der Waals surface area contributed by atoms with Crippen LogP contribution < -0.4 is 25.8 Å². The van der Waals surface area contributed by atoms with E-state index in [2.05, 4.69) is 44.0 Å². The second kappa shape index (κ2) is 12.8. The van der Waals surface area contributed by atoms with E-state index in [0.717, 1.165) is 37.9 Å². The number of aromatic nitrogens is 4. The summed E-state index contributed by atoms with van der Waals surface area (Å²) >= 11 is 0. The van der Waals surface area contributed by atoms with Crippen molar-refractivity contribution in [2.75, 3.05) is 55.9 Å². The van der Waals surface area contributed by atoms with Crippen LogP contribution in [0.2, 0.25) is 0 Å². The van der Waals surface area contributed by atoms with Crippen LogP contribution in [0.25, 0.3) is 28.1 Å². The maximum Gasteiger partial charge on any atom is 0.283 e. The lowest BCUT2D eigenvalue weighted by atomic mass is 10.1. The molecular weight excluding hydrogens is 587 g/mol. The van der Waals surface area contributed by atoms with E-state index in [4.69, 9.17) is 9.72 Å². The van der Waals surface area contributed by atoms with E-state index < -0.39 is 11.5 Å². The van der Waals surface area contributed by atoms with Crippen molar-refractivity contribution < 1.29 is 13.9 Å². The van der Waals surface area contributed by atoms with Gasteiger partial charge in [-0.1, -0.05) is 12.6 Å². The molecule has 0 saturated carbocycles. The fraction of sp³-hybridized carbons (Fsp3) is 0.206. The molecule has 1 aliphatic rings. The Balaban J connectivity index is 1.45. The predicted molar refractivity (Wildman–Crippen MR) is 178 cm³/mol. The summed E-state index contributed by atoms with van der Waals surface area (Å²) in [6, 6.07) is 17.1. The van der Waals surface area contributed by atoms with Gasteiger partial charge in [0.1, 0.15) is 22.8 Å². The minimum absolute atomic E-state index is 0.0987. The summed E-state index contributed by atoms with van der Waals surface area (Å²) in [5.41, 5.74) is 3.59. The third-order valence-corrected chi connectivity index (χ3v) is 7.89. The molecule has 234 valence electrons. The van der Waals surface area contributed by atoms with Crippen LogP contribution in [0, 0.1) is 12.7 Å². The molecule has 1 amide bonds. The number of hydrogen-bond donors (Lipinski definition) is 2. The maximum absolute atomic E-state index is 14.1. The molecule has 0 spiro atoms. The number of ether oxygens (including phenoxy) is 1. The van der Waals surface area contributed by atoms with Gasteiger partial charge in [0.25, 0.3) is 5.56 Å². The Morgan fingerprint density at radius 1 is 1.02 bits per heavy atom. The first-order valence-corrected chi connectivity index (χ1v) is 14.7. The van der Waals surface area contributed by atoms with Crippen molar-refractivity contribution in [3.05, 3.63) is 101 Å². The molecule has 12 heteroatoms. The number of fused-ring (bicyclic) bond motifs is 1. The van der Waals surface area contributed by atoms with Crippen molar-refractivity contribution in [2.24, 2.45) is 0 Å². The van der Waals surface area contributed by atoms with E-state index in [1.807, 2.05) is 18.2 Å². The minimum Gasteiger partial charge on any atom is -0.494 e. The fourth-order valence-corrected chi connectivity index (χ4v) is 5.34. The van der Waals surface area contributed by atoms with Crippen LogP contribution in [-0.4, -0.2) is 70.7 Å². The first-order valence-electron chi connectivity index (χ1n) is 14.7. The summed E-state index contributed by atoms with van der Waals surface area (Å²) in [4.78, 5) is 44.6. The molecular formula is C34H33FN8O3. The van der Waals surface area contributed by atoms with Crippen LogP contribution in [0.5, 0.6) is 5.75 Å². The molecule has 46 heavy (non-hydrogen) atoms. The van der Waals surface area contributed by atoms with Gasteiger partial charge in [-0.3, -0.25) is 14.2 Å². The van der Waals surface area contributed by atoms with Crippen molar-refractivity contribution in [3.8, 4) is 22.7 Å².